The molecule has 3 aromatic rings. The van der Waals surface area contributed by atoms with Crippen molar-refractivity contribution in [2.45, 2.75) is 19.5 Å². The molecule has 1 aromatic heterocycles. The minimum absolute atomic E-state index is 0.680. The van der Waals surface area contributed by atoms with Crippen LogP contribution in [0.3, 0.4) is 0 Å². The molecule has 1 aliphatic heterocycles. The molecule has 26 heavy (non-hydrogen) atoms. The molecule has 0 amide bonds. The first kappa shape index (κ1) is 16.4. The molecule has 0 bridgehead atoms. The summed E-state index contributed by atoms with van der Waals surface area (Å²) in [7, 11) is 1.67. The zero-order valence-electron chi connectivity index (χ0n) is 14.7. The van der Waals surface area contributed by atoms with Gasteiger partial charge in [0.2, 0.25) is 0 Å². The fourth-order valence-electron chi connectivity index (χ4n) is 3.39. The predicted octanol–water partition coefficient (Wildman–Crippen LogP) is 3.12. The van der Waals surface area contributed by atoms with E-state index in [0.717, 1.165) is 42.1 Å². The van der Waals surface area contributed by atoms with Gasteiger partial charge in [-0.25, -0.2) is 0 Å². The van der Waals surface area contributed by atoms with Crippen LogP contribution in [-0.2, 0) is 19.5 Å². The maximum atomic E-state index is 8.96. The van der Waals surface area contributed by atoms with Crippen molar-refractivity contribution < 1.29 is 4.74 Å². The van der Waals surface area contributed by atoms with Gasteiger partial charge in [0.15, 0.2) is 0 Å². The Balaban J connectivity index is 1.70. The lowest BCUT2D eigenvalue weighted by atomic mass is 10.0. The molecule has 2 aromatic carbocycles. The molecule has 0 radical (unpaired) electrons. The van der Waals surface area contributed by atoms with E-state index in [1.54, 1.807) is 7.11 Å². The lowest BCUT2D eigenvalue weighted by Crippen LogP contribution is -2.25. The highest BCUT2D eigenvalue weighted by molar-refractivity contribution is 5.65. The van der Waals surface area contributed by atoms with Gasteiger partial charge < -0.3 is 10.1 Å². The zero-order valence-corrected chi connectivity index (χ0v) is 14.7. The monoisotopic (exact) mass is 344 g/mol. The van der Waals surface area contributed by atoms with Crippen LogP contribution < -0.4 is 10.1 Å². The van der Waals surface area contributed by atoms with E-state index in [0.29, 0.717) is 12.1 Å². The first-order chi connectivity index (χ1) is 12.8. The number of nitrogens with one attached hydrogen (secondary N) is 1. The van der Waals surface area contributed by atoms with E-state index >= 15 is 0 Å². The molecule has 5 nitrogen and oxygen atoms in total. The van der Waals surface area contributed by atoms with E-state index < -0.39 is 0 Å². The average Bonchev–Trinajstić information content (AvgIpc) is 3.07. The molecule has 4 rings (SSSR count). The molecule has 0 saturated carbocycles. The third kappa shape index (κ3) is 3.07. The summed E-state index contributed by atoms with van der Waals surface area (Å²) in [5.74, 6) is 0.845. The van der Waals surface area contributed by atoms with Crippen LogP contribution in [0.1, 0.15) is 22.4 Å². The van der Waals surface area contributed by atoms with Crippen LogP contribution in [0, 0.1) is 11.3 Å². The van der Waals surface area contributed by atoms with Crippen molar-refractivity contribution >= 4 is 0 Å². The SMILES string of the molecule is COc1ccc(-c2nn(Cc3ccc(C#N)cc3)c3c2CNCC3)cc1. The molecule has 0 saturated heterocycles. The standard InChI is InChI=1S/C21H20N4O/c1-26-18-8-6-17(7-9-18)21-19-13-23-11-10-20(19)25(24-21)14-16-4-2-15(12-22)3-5-16/h2-9,23H,10-11,13-14H2,1H3. The van der Waals surface area contributed by atoms with Crippen LogP contribution in [0.25, 0.3) is 11.3 Å². The number of rotatable bonds is 4. The summed E-state index contributed by atoms with van der Waals surface area (Å²) >= 11 is 0. The van der Waals surface area contributed by atoms with E-state index in [4.69, 9.17) is 15.1 Å². The third-order valence-corrected chi connectivity index (χ3v) is 4.79. The summed E-state index contributed by atoms with van der Waals surface area (Å²) in [6.45, 7) is 2.52. The number of hydrogen-bond donors (Lipinski definition) is 1. The van der Waals surface area contributed by atoms with Gasteiger partial charge in [0.25, 0.3) is 0 Å². The summed E-state index contributed by atoms with van der Waals surface area (Å²) < 4.78 is 7.37. The van der Waals surface area contributed by atoms with Crippen molar-refractivity contribution in [3.05, 3.63) is 70.9 Å². The summed E-state index contributed by atoms with van der Waals surface area (Å²) in [5.41, 5.74) is 6.52. The Morgan fingerprint density at radius 2 is 1.92 bits per heavy atom. The maximum Gasteiger partial charge on any atom is 0.118 e. The van der Waals surface area contributed by atoms with Crippen LogP contribution in [0.5, 0.6) is 5.75 Å². The van der Waals surface area contributed by atoms with E-state index in [1.165, 1.54) is 11.3 Å². The smallest absolute Gasteiger partial charge is 0.118 e. The van der Waals surface area contributed by atoms with Crippen LogP contribution in [0.15, 0.2) is 48.5 Å². The molecule has 130 valence electrons. The lowest BCUT2D eigenvalue weighted by Gasteiger charge is -2.16. The van der Waals surface area contributed by atoms with Gasteiger partial charge in [-0.15, -0.1) is 0 Å². The number of nitrogens with zero attached hydrogens (tertiary/aromatic N) is 3. The largest absolute Gasteiger partial charge is 0.497 e. The number of fused-ring (bicyclic) bond motifs is 1. The quantitative estimate of drug-likeness (QED) is 0.790. The highest BCUT2D eigenvalue weighted by atomic mass is 16.5. The molecule has 5 heteroatoms. The van der Waals surface area contributed by atoms with Crippen molar-refractivity contribution in [1.82, 2.24) is 15.1 Å². The van der Waals surface area contributed by atoms with Crippen molar-refractivity contribution in [2.24, 2.45) is 0 Å². The van der Waals surface area contributed by atoms with Crippen LogP contribution >= 0.6 is 0 Å². The Morgan fingerprint density at radius 1 is 1.15 bits per heavy atom. The average molecular weight is 344 g/mol. The second-order valence-electron chi connectivity index (χ2n) is 6.40. The Morgan fingerprint density at radius 3 is 2.62 bits per heavy atom. The number of aromatic nitrogens is 2. The molecule has 1 aliphatic rings. The molecule has 0 aliphatic carbocycles. The molecule has 0 unspecified atom stereocenters. The molecule has 0 spiro atoms. The fraction of sp³-hybridized carbons (Fsp3) is 0.238. The van der Waals surface area contributed by atoms with Crippen molar-refractivity contribution in [1.29, 1.82) is 5.26 Å². The predicted molar refractivity (Wildman–Crippen MR) is 99.9 cm³/mol. The lowest BCUT2D eigenvalue weighted by molar-refractivity contribution is 0.415. The zero-order chi connectivity index (χ0) is 17.9. The first-order valence-corrected chi connectivity index (χ1v) is 8.71. The van der Waals surface area contributed by atoms with E-state index in [2.05, 4.69) is 28.2 Å². The molecule has 2 heterocycles. The van der Waals surface area contributed by atoms with Crippen molar-refractivity contribution in [3.63, 3.8) is 0 Å². The van der Waals surface area contributed by atoms with Gasteiger partial charge in [0.05, 0.1) is 31.0 Å². The van der Waals surface area contributed by atoms with Crippen LogP contribution in [0.4, 0.5) is 0 Å². The second kappa shape index (κ2) is 7.03. The maximum absolute atomic E-state index is 8.96. The van der Waals surface area contributed by atoms with Gasteiger partial charge in [-0.05, 0) is 42.0 Å². The highest BCUT2D eigenvalue weighted by Crippen LogP contribution is 2.29. The molecule has 0 atom stereocenters. The number of nitriles is 1. The molecule has 0 fully saturated rings. The first-order valence-electron chi connectivity index (χ1n) is 8.71. The number of methoxy groups -OCH3 is 1. The van der Waals surface area contributed by atoms with Gasteiger partial charge in [0.1, 0.15) is 5.75 Å². The molecule has 1 N–H and O–H groups in total. The number of ether oxygens (including phenoxy) is 1. The summed E-state index contributed by atoms with van der Waals surface area (Å²) in [5, 5.41) is 17.3. The Labute approximate surface area is 152 Å². The molecular weight excluding hydrogens is 324 g/mol. The summed E-state index contributed by atoms with van der Waals surface area (Å²) in [4.78, 5) is 0. The minimum atomic E-state index is 0.680. The van der Waals surface area contributed by atoms with Gasteiger partial charge in [0, 0.05) is 36.3 Å². The van der Waals surface area contributed by atoms with Gasteiger partial charge in [-0.3, -0.25) is 4.68 Å². The third-order valence-electron chi connectivity index (χ3n) is 4.79. The van der Waals surface area contributed by atoms with E-state index in [-0.39, 0.29) is 0 Å². The highest BCUT2D eigenvalue weighted by Gasteiger charge is 2.21. The Hall–Kier alpha value is -3.10. The van der Waals surface area contributed by atoms with Crippen molar-refractivity contribution in [3.8, 4) is 23.1 Å². The normalized spacial score (nSPS) is 13.1. The second-order valence-corrected chi connectivity index (χ2v) is 6.40. The van der Waals surface area contributed by atoms with Gasteiger partial charge >= 0.3 is 0 Å². The van der Waals surface area contributed by atoms with Crippen LogP contribution in [-0.4, -0.2) is 23.4 Å². The number of hydrogen-bond acceptors (Lipinski definition) is 4. The minimum Gasteiger partial charge on any atom is -0.497 e. The Bertz CT molecular complexity index is 949. The number of benzene rings is 2. The fourth-order valence-corrected chi connectivity index (χ4v) is 3.39. The van der Waals surface area contributed by atoms with Crippen LogP contribution in [0.2, 0.25) is 0 Å². The van der Waals surface area contributed by atoms with Crippen molar-refractivity contribution in [2.75, 3.05) is 13.7 Å². The van der Waals surface area contributed by atoms with Gasteiger partial charge in [-0.1, -0.05) is 12.1 Å². The Kier molecular flexibility index (Phi) is 4.42. The summed E-state index contributed by atoms with van der Waals surface area (Å²) in [6, 6.07) is 17.9. The van der Waals surface area contributed by atoms with Gasteiger partial charge in [-0.2, -0.15) is 10.4 Å². The summed E-state index contributed by atoms with van der Waals surface area (Å²) in [6.07, 6.45) is 0.967. The molecular formula is C21H20N4O. The topological polar surface area (TPSA) is 62.9 Å². The van der Waals surface area contributed by atoms with E-state index in [1.807, 2.05) is 36.4 Å². The van der Waals surface area contributed by atoms with E-state index in [9.17, 15) is 0 Å².